The first kappa shape index (κ1) is 50.9. The molecule has 0 amide bonds. The van der Waals surface area contributed by atoms with E-state index < -0.39 is 23.2 Å². The van der Waals surface area contributed by atoms with Crippen molar-refractivity contribution >= 4 is 43.1 Å². The minimum atomic E-state index is -4.32. The van der Waals surface area contributed by atoms with Crippen LogP contribution in [0.3, 0.4) is 0 Å². The molecule has 0 aliphatic carbocycles. The largest absolute Gasteiger partial charge is 2.00 e. The number of benzene rings is 4. The number of fused-ring (bicyclic) bond motifs is 2. The minimum Gasteiger partial charge on any atom is -0.497 e. The molecule has 0 bridgehead atoms. The van der Waals surface area contributed by atoms with Gasteiger partial charge in [0.25, 0.3) is 0 Å². The number of alkyl halides is 6. The Labute approximate surface area is 415 Å². The van der Waals surface area contributed by atoms with Crippen molar-refractivity contribution in [1.29, 1.82) is 0 Å². The summed E-state index contributed by atoms with van der Waals surface area (Å²) in [7, 11) is 0. The van der Waals surface area contributed by atoms with Gasteiger partial charge in [-0.3, -0.25) is 0 Å². The van der Waals surface area contributed by atoms with E-state index in [4.69, 9.17) is 24.7 Å². The summed E-state index contributed by atoms with van der Waals surface area (Å²) in [5, 5.41) is 1.43. The van der Waals surface area contributed by atoms with Crippen molar-refractivity contribution in [3.63, 3.8) is 0 Å². The van der Waals surface area contributed by atoms with Crippen molar-refractivity contribution in [3.05, 3.63) is 132 Å². The molecule has 0 aliphatic rings. The maximum absolute atomic E-state index is 13.6. The Morgan fingerprint density at radius 3 is 1.18 bits per heavy atom. The predicted molar refractivity (Wildman–Crippen MR) is 259 cm³/mol. The Balaban J connectivity index is 0.00000684. The fourth-order valence-electron chi connectivity index (χ4n) is 7.53. The zero-order chi connectivity index (χ0) is 48.5. The van der Waals surface area contributed by atoms with Crippen molar-refractivity contribution in [2.45, 2.75) is 105 Å². The van der Waals surface area contributed by atoms with Crippen LogP contribution in [-0.2, 0) is 44.7 Å². The van der Waals surface area contributed by atoms with Crippen LogP contribution in [0.4, 0.5) is 26.3 Å². The number of halogens is 6. The molecule has 8 rings (SSSR count). The van der Waals surface area contributed by atoms with Gasteiger partial charge in [-0.15, -0.1) is 57.1 Å². The minimum absolute atomic E-state index is 0. The number of hydrogen-bond donors (Lipinski definition) is 0. The molecule has 356 valence electrons. The average molecular weight is 1140 g/mol. The predicted octanol–water partition coefficient (Wildman–Crippen LogP) is 16.6. The van der Waals surface area contributed by atoms with E-state index in [9.17, 15) is 26.3 Å². The third-order valence-electron chi connectivity index (χ3n) is 12.0. The molecule has 0 N–H and O–H groups in total. The van der Waals surface area contributed by atoms with Gasteiger partial charge in [0, 0.05) is 55.8 Å². The molecule has 68 heavy (non-hydrogen) atoms. The van der Waals surface area contributed by atoms with Crippen LogP contribution in [0.5, 0.6) is 11.5 Å². The molecule has 0 radical (unpaired) electrons. The summed E-state index contributed by atoms with van der Waals surface area (Å²) in [4.78, 5) is 19.5. The van der Waals surface area contributed by atoms with Gasteiger partial charge >= 0.3 is 33.4 Å². The summed E-state index contributed by atoms with van der Waals surface area (Å²) < 4.78 is 90.2. The van der Waals surface area contributed by atoms with Crippen LogP contribution in [-0.4, -0.2) is 32.3 Å². The average Bonchev–Trinajstić information content (AvgIpc) is 3.88. The Bertz CT molecular complexity index is 2900. The summed E-state index contributed by atoms with van der Waals surface area (Å²) in [5.41, 5.74) is 4.69. The molecule has 5 nitrogen and oxygen atoms in total. The van der Waals surface area contributed by atoms with Gasteiger partial charge in [0.2, 0.25) is 0 Å². The Morgan fingerprint density at radius 2 is 0.853 bits per heavy atom. The first-order valence-electron chi connectivity index (χ1n) is 21.8. The SMILES string of the molecule is CC(C)(C)c1cc(Oc2[c-]c(-c3nccc4nc(-c5ccc(CC(C)(C)C(F)(F)F)cc5)sc34)cc(C(C)(C)C)c2)[c-]c(-c2nccc3nc(-c4ccc(CC(C)(C)C(F)(F)F)cc4)sc23)c1.[Pt+2]. The molecule has 14 heteroatoms. The Hall–Kier alpha value is -4.97. The number of rotatable bonds is 10. The quantitative estimate of drug-likeness (QED) is 0.101. The molecule has 0 saturated heterocycles. The topological polar surface area (TPSA) is 60.8 Å². The second-order valence-electron chi connectivity index (χ2n) is 20.5. The van der Waals surface area contributed by atoms with Gasteiger partial charge in [0.15, 0.2) is 0 Å². The second-order valence-corrected chi connectivity index (χ2v) is 22.5. The molecule has 0 fully saturated rings. The van der Waals surface area contributed by atoms with Gasteiger partial charge in [-0.1, -0.05) is 142 Å². The van der Waals surface area contributed by atoms with E-state index >= 15 is 0 Å². The molecule has 0 saturated carbocycles. The van der Waals surface area contributed by atoms with Crippen molar-refractivity contribution in [3.8, 4) is 55.2 Å². The van der Waals surface area contributed by atoms with Crippen LogP contribution in [0.2, 0.25) is 0 Å². The van der Waals surface area contributed by atoms with Crippen LogP contribution in [0, 0.1) is 23.0 Å². The number of ether oxygens (including phenoxy) is 1. The van der Waals surface area contributed by atoms with Crippen molar-refractivity contribution in [2.75, 3.05) is 0 Å². The molecule has 0 spiro atoms. The van der Waals surface area contributed by atoms with Crippen LogP contribution in [0.15, 0.2) is 97.3 Å². The summed E-state index contributed by atoms with van der Waals surface area (Å²) >= 11 is 2.92. The summed E-state index contributed by atoms with van der Waals surface area (Å²) in [6.45, 7) is 17.6. The molecule has 0 unspecified atom stereocenters. The van der Waals surface area contributed by atoms with Crippen LogP contribution in [0.25, 0.3) is 64.1 Å². The molecule has 4 aromatic heterocycles. The second kappa shape index (κ2) is 18.4. The van der Waals surface area contributed by atoms with E-state index in [1.165, 1.54) is 50.4 Å². The first-order chi connectivity index (χ1) is 31.1. The number of pyridine rings is 2. The van der Waals surface area contributed by atoms with Gasteiger partial charge in [-0.05, 0) is 46.9 Å². The molecule has 0 aliphatic heterocycles. The van der Waals surface area contributed by atoms with Gasteiger partial charge in [0.1, 0.15) is 10.0 Å². The molecule has 8 aromatic rings. The Morgan fingerprint density at radius 1 is 0.500 bits per heavy atom. The van der Waals surface area contributed by atoms with Gasteiger partial charge in [0.05, 0.1) is 21.9 Å². The van der Waals surface area contributed by atoms with E-state index in [2.05, 4.69) is 65.8 Å². The van der Waals surface area contributed by atoms with Crippen LogP contribution < -0.4 is 4.74 Å². The molecule has 4 aromatic carbocycles. The summed E-state index contributed by atoms with van der Waals surface area (Å²) in [6.07, 6.45) is -5.49. The number of nitrogens with zero attached hydrogens (tertiary/aromatic N) is 4. The zero-order valence-electron chi connectivity index (χ0n) is 39.2. The smallest absolute Gasteiger partial charge is 0.497 e. The fourth-order valence-corrected chi connectivity index (χ4v) is 9.67. The van der Waals surface area contributed by atoms with Crippen molar-refractivity contribution < 1.29 is 52.1 Å². The van der Waals surface area contributed by atoms with Crippen LogP contribution >= 0.6 is 22.7 Å². The summed E-state index contributed by atoms with van der Waals surface area (Å²) in [6, 6.07) is 33.0. The van der Waals surface area contributed by atoms with E-state index in [0.717, 1.165) is 42.7 Å². The maximum Gasteiger partial charge on any atom is 2.00 e. The molecular formula is C54H50F6N4OPtS2. The van der Waals surface area contributed by atoms with Gasteiger partial charge in [-0.2, -0.15) is 26.3 Å². The third-order valence-corrected chi connectivity index (χ3v) is 14.2. The van der Waals surface area contributed by atoms with E-state index in [1.54, 1.807) is 36.7 Å². The van der Waals surface area contributed by atoms with Crippen molar-refractivity contribution in [2.24, 2.45) is 10.8 Å². The number of aromatic nitrogens is 4. The number of hydrogen-bond acceptors (Lipinski definition) is 7. The third kappa shape index (κ3) is 10.7. The zero-order valence-corrected chi connectivity index (χ0v) is 43.2. The molecule has 4 heterocycles. The van der Waals surface area contributed by atoms with Gasteiger partial charge < -0.3 is 14.7 Å². The summed E-state index contributed by atoms with van der Waals surface area (Å²) in [5.74, 6) is 0.926. The fraction of sp³-hybridized carbons (Fsp3) is 0.333. The number of thiazole rings is 2. The molecular weight excluding hydrogens is 1090 g/mol. The first-order valence-corrected chi connectivity index (χ1v) is 23.5. The van der Waals surface area contributed by atoms with E-state index in [1.807, 2.05) is 48.5 Å². The van der Waals surface area contributed by atoms with Gasteiger partial charge in [-0.25, -0.2) is 9.97 Å². The van der Waals surface area contributed by atoms with E-state index in [0.29, 0.717) is 55.2 Å². The Kier molecular flexibility index (Phi) is 13.8. The standard InChI is InChI=1S/C54H50F6N4OS2.Pt/c1-49(2,3)37-23-35(43-45-41(19-21-61-43)63-47(66-45)33-15-11-31(12-16-33)29-51(7,8)53(55,56)57)25-39(27-37)65-40-26-36(24-38(28-40)50(4,5)6)44-46-42(20-22-62-44)64-48(67-46)34-17-13-32(14-18-34)30-52(9,10)54(58,59)60;/h11-24,27-28H,29-30H2,1-10H3;/q-2;+2. The van der Waals surface area contributed by atoms with Crippen molar-refractivity contribution in [1.82, 2.24) is 19.9 Å². The normalized spacial score (nSPS) is 13.0. The maximum atomic E-state index is 13.6. The van der Waals surface area contributed by atoms with Crippen LogP contribution in [0.1, 0.15) is 91.5 Å². The molecule has 0 atom stereocenters. The monoisotopic (exact) mass is 1140 g/mol. The van der Waals surface area contributed by atoms with E-state index in [-0.39, 0.29) is 44.7 Å².